The lowest BCUT2D eigenvalue weighted by Crippen LogP contribution is -2.40. The van der Waals surface area contributed by atoms with Crippen molar-refractivity contribution in [2.75, 3.05) is 32.8 Å². The smallest absolute Gasteiger partial charge is 0.328 e. The largest absolute Gasteiger partial charge is 0.379 e. The number of carbonyl (C=O) groups is 1. The first kappa shape index (κ1) is 21.9. The molecule has 1 aromatic carbocycles. The molecule has 1 amide bonds. The van der Waals surface area contributed by atoms with E-state index in [4.69, 9.17) is 4.74 Å². The highest BCUT2D eigenvalue weighted by atomic mass is 32.2. The van der Waals surface area contributed by atoms with Crippen LogP contribution < -0.4 is 16.6 Å². The normalized spacial score (nSPS) is 15.1. The van der Waals surface area contributed by atoms with E-state index in [9.17, 15) is 22.8 Å². The van der Waals surface area contributed by atoms with Gasteiger partial charge in [0, 0.05) is 44.9 Å². The zero-order valence-corrected chi connectivity index (χ0v) is 17.2. The van der Waals surface area contributed by atoms with Gasteiger partial charge in [-0.1, -0.05) is 12.1 Å². The van der Waals surface area contributed by atoms with Gasteiger partial charge in [-0.25, -0.2) is 13.2 Å². The zero-order valence-electron chi connectivity index (χ0n) is 16.4. The standard InChI is InChI=1S/C19H24N4O6S/c24-17(6-9-22-10-7-18(25)21-19(22)26)20-8-5-15-1-3-16(4-2-15)30(27,28)23-11-13-29-14-12-23/h1-4,7,10H,5-6,8-9,11-14H2,(H,20,24)(H,21,25,26). The van der Waals surface area contributed by atoms with Crippen LogP contribution in [0.5, 0.6) is 0 Å². The Kier molecular flexibility index (Phi) is 7.19. The lowest BCUT2D eigenvalue weighted by Gasteiger charge is -2.26. The van der Waals surface area contributed by atoms with Crippen LogP contribution >= 0.6 is 0 Å². The van der Waals surface area contributed by atoms with E-state index in [0.717, 1.165) is 5.56 Å². The van der Waals surface area contributed by atoms with Crippen LogP contribution in [0.4, 0.5) is 0 Å². The number of aromatic nitrogens is 2. The molecule has 11 heteroatoms. The Morgan fingerprint density at radius 3 is 2.47 bits per heavy atom. The number of benzene rings is 1. The first-order chi connectivity index (χ1) is 14.4. The van der Waals surface area contributed by atoms with Crippen molar-refractivity contribution in [3.8, 4) is 0 Å². The lowest BCUT2D eigenvalue weighted by atomic mass is 10.1. The first-order valence-corrected chi connectivity index (χ1v) is 11.0. The molecule has 30 heavy (non-hydrogen) atoms. The summed E-state index contributed by atoms with van der Waals surface area (Å²) in [6.45, 7) is 2.04. The van der Waals surface area contributed by atoms with Crippen molar-refractivity contribution >= 4 is 15.9 Å². The highest BCUT2D eigenvalue weighted by molar-refractivity contribution is 7.89. The number of rotatable bonds is 8. The molecule has 1 fully saturated rings. The Morgan fingerprint density at radius 2 is 1.80 bits per heavy atom. The number of sulfonamides is 1. The average Bonchev–Trinajstić information content (AvgIpc) is 2.74. The number of nitrogens with one attached hydrogen (secondary N) is 2. The van der Waals surface area contributed by atoms with Crippen molar-refractivity contribution in [2.24, 2.45) is 0 Å². The number of aryl methyl sites for hydroxylation is 1. The van der Waals surface area contributed by atoms with Crippen molar-refractivity contribution in [2.45, 2.75) is 24.3 Å². The molecule has 1 aliphatic heterocycles. The van der Waals surface area contributed by atoms with Crippen molar-refractivity contribution in [3.63, 3.8) is 0 Å². The van der Waals surface area contributed by atoms with Gasteiger partial charge in [0.1, 0.15) is 0 Å². The number of hydrogen-bond donors (Lipinski definition) is 2. The molecule has 0 atom stereocenters. The summed E-state index contributed by atoms with van der Waals surface area (Å²) in [6.07, 6.45) is 1.99. The predicted octanol–water partition coefficient (Wildman–Crippen LogP) is -0.693. The molecule has 162 valence electrons. The minimum atomic E-state index is -3.52. The molecule has 0 bridgehead atoms. The number of morpholine rings is 1. The molecule has 2 heterocycles. The maximum atomic E-state index is 12.6. The van der Waals surface area contributed by atoms with E-state index in [2.05, 4.69) is 10.3 Å². The summed E-state index contributed by atoms with van der Waals surface area (Å²) in [5.74, 6) is -0.223. The molecule has 0 radical (unpaired) electrons. The minimum absolute atomic E-state index is 0.0999. The molecule has 2 N–H and O–H groups in total. The van der Waals surface area contributed by atoms with Crippen LogP contribution in [-0.4, -0.2) is 61.0 Å². The zero-order chi connectivity index (χ0) is 21.6. The Hall–Kier alpha value is -2.76. The molecular formula is C19H24N4O6S. The summed E-state index contributed by atoms with van der Waals surface area (Å²) < 4.78 is 33.1. The van der Waals surface area contributed by atoms with E-state index >= 15 is 0 Å². The van der Waals surface area contributed by atoms with Crippen LogP contribution in [0.3, 0.4) is 0 Å². The second-order valence-corrected chi connectivity index (χ2v) is 8.75. The van der Waals surface area contributed by atoms with Gasteiger partial charge in [0.2, 0.25) is 15.9 Å². The quantitative estimate of drug-likeness (QED) is 0.563. The van der Waals surface area contributed by atoms with Gasteiger partial charge in [-0.05, 0) is 24.1 Å². The van der Waals surface area contributed by atoms with E-state index in [-0.39, 0.29) is 23.8 Å². The summed E-state index contributed by atoms with van der Waals surface area (Å²) in [6, 6.07) is 7.84. The summed E-state index contributed by atoms with van der Waals surface area (Å²) in [5.41, 5.74) is -0.139. The van der Waals surface area contributed by atoms with Gasteiger partial charge in [0.15, 0.2) is 0 Å². The Bertz CT molecular complexity index is 1080. The van der Waals surface area contributed by atoms with Crippen molar-refractivity contribution in [3.05, 3.63) is 62.9 Å². The second kappa shape index (κ2) is 9.83. The molecule has 0 unspecified atom stereocenters. The minimum Gasteiger partial charge on any atom is -0.379 e. The van der Waals surface area contributed by atoms with E-state index in [1.807, 2.05) is 0 Å². The fourth-order valence-corrected chi connectivity index (χ4v) is 4.45. The van der Waals surface area contributed by atoms with Gasteiger partial charge in [-0.3, -0.25) is 14.6 Å². The predicted molar refractivity (Wildman–Crippen MR) is 109 cm³/mol. The topological polar surface area (TPSA) is 131 Å². The number of nitrogens with zero attached hydrogens (tertiary/aromatic N) is 2. The van der Waals surface area contributed by atoms with Crippen molar-refractivity contribution < 1.29 is 17.9 Å². The summed E-state index contributed by atoms with van der Waals surface area (Å²) in [5, 5.41) is 2.76. The Balaban J connectivity index is 1.46. The number of carbonyl (C=O) groups excluding carboxylic acids is 1. The van der Waals surface area contributed by atoms with E-state index in [1.165, 1.54) is 21.1 Å². The number of aromatic amines is 1. The van der Waals surface area contributed by atoms with Crippen molar-refractivity contribution in [1.29, 1.82) is 0 Å². The van der Waals surface area contributed by atoms with Gasteiger partial charge in [-0.2, -0.15) is 4.31 Å². The number of ether oxygens (including phenoxy) is 1. The van der Waals surface area contributed by atoms with Gasteiger partial charge in [0.05, 0.1) is 18.1 Å². The molecule has 10 nitrogen and oxygen atoms in total. The highest BCUT2D eigenvalue weighted by Crippen LogP contribution is 2.17. The van der Waals surface area contributed by atoms with Gasteiger partial charge >= 0.3 is 5.69 Å². The second-order valence-electron chi connectivity index (χ2n) is 6.81. The van der Waals surface area contributed by atoms with Gasteiger partial charge in [-0.15, -0.1) is 0 Å². The van der Waals surface area contributed by atoms with E-state index in [0.29, 0.717) is 39.3 Å². The third-order valence-electron chi connectivity index (χ3n) is 4.74. The molecule has 2 aromatic rings. The number of hydrogen-bond acceptors (Lipinski definition) is 6. The van der Waals surface area contributed by atoms with Crippen LogP contribution in [0.2, 0.25) is 0 Å². The SMILES string of the molecule is O=C(CCn1ccc(=O)[nH]c1=O)NCCc1ccc(S(=O)(=O)N2CCOCC2)cc1. The first-order valence-electron chi connectivity index (χ1n) is 9.59. The molecule has 1 aliphatic rings. The third kappa shape index (κ3) is 5.65. The van der Waals surface area contributed by atoms with Gasteiger partial charge in [0.25, 0.3) is 5.56 Å². The fraction of sp³-hybridized carbons (Fsp3) is 0.421. The fourth-order valence-electron chi connectivity index (χ4n) is 3.04. The van der Waals surface area contributed by atoms with Crippen LogP contribution in [0, 0.1) is 0 Å². The summed E-state index contributed by atoms with van der Waals surface area (Å²) in [7, 11) is -3.52. The maximum absolute atomic E-state index is 12.6. The summed E-state index contributed by atoms with van der Waals surface area (Å²) in [4.78, 5) is 36.9. The van der Waals surface area contributed by atoms with Crippen molar-refractivity contribution in [1.82, 2.24) is 19.2 Å². The molecule has 0 aliphatic carbocycles. The monoisotopic (exact) mass is 436 g/mol. The summed E-state index contributed by atoms with van der Waals surface area (Å²) >= 11 is 0. The molecule has 3 rings (SSSR count). The average molecular weight is 436 g/mol. The third-order valence-corrected chi connectivity index (χ3v) is 6.66. The molecule has 1 saturated heterocycles. The highest BCUT2D eigenvalue weighted by Gasteiger charge is 2.25. The molecular weight excluding hydrogens is 412 g/mol. The van der Waals surface area contributed by atoms with Crippen LogP contribution in [0.25, 0.3) is 0 Å². The number of amides is 1. The molecule has 0 saturated carbocycles. The number of H-pyrrole nitrogens is 1. The lowest BCUT2D eigenvalue weighted by molar-refractivity contribution is -0.121. The molecule has 0 spiro atoms. The van der Waals surface area contributed by atoms with Gasteiger partial charge < -0.3 is 14.6 Å². The Morgan fingerprint density at radius 1 is 1.10 bits per heavy atom. The van der Waals surface area contributed by atoms with E-state index < -0.39 is 21.3 Å². The van der Waals surface area contributed by atoms with Crippen LogP contribution in [0.1, 0.15) is 12.0 Å². The maximum Gasteiger partial charge on any atom is 0.328 e. The van der Waals surface area contributed by atoms with E-state index in [1.54, 1.807) is 24.3 Å². The molecule has 1 aromatic heterocycles. The van der Waals surface area contributed by atoms with Crippen LogP contribution in [0.15, 0.2) is 51.0 Å². The van der Waals surface area contributed by atoms with Crippen LogP contribution in [-0.2, 0) is 32.5 Å². The Labute approximate surface area is 173 Å².